The lowest BCUT2D eigenvalue weighted by atomic mass is 10.0. The predicted octanol–water partition coefficient (Wildman–Crippen LogP) is 6.22. The van der Waals surface area contributed by atoms with Crippen LogP contribution >= 0.6 is 0 Å². The summed E-state index contributed by atoms with van der Waals surface area (Å²) >= 11 is 0. The Labute approximate surface area is 140 Å². The van der Waals surface area contributed by atoms with Crippen LogP contribution in [-0.4, -0.2) is 4.40 Å². The van der Waals surface area contributed by atoms with Crippen LogP contribution in [0.5, 0.6) is 0 Å². The van der Waals surface area contributed by atoms with E-state index in [1.807, 2.05) is 0 Å². The molecule has 0 aliphatic carbocycles. The number of benzene rings is 3. The predicted molar refractivity (Wildman–Crippen MR) is 103 cm³/mol. The number of hydrogen-bond acceptors (Lipinski definition) is 0. The first-order chi connectivity index (χ1) is 11.8. The van der Waals surface area contributed by atoms with Gasteiger partial charge in [-0.2, -0.15) is 0 Å². The maximum atomic E-state index is 2.39. The molecule has 0 atom stereocenters. The summed E-state index contributed by atoms with van der Waals surface area (Å²) < 4.78 is 2.39. The molecule has 5 rings (SSSR count). The van der Waals surface area contributed by atoms with Crippen molar-refractivity contribution in [1.82, 2.24) is 4.40 Å². The molecular formula is C23H17N. The Kier molecular flexibility index (Phi) is 2.77. The van der Waals surface area contributed by atoms with Crippen LogP contribution in [0.1, 0.15) is 5.56 Å². The highest BCUT2D eigenvalue weighted by molar-refractivity contribution is 6.01. The number of rotatable bonds is 1. The highest BCUT2D eigenvalue weighted by Gasteiger charge is 2.11. The quantitative estimate of drug-likeness (QED) is 0.346. The molecular weight excluding hydrogens is 290 g/mol. The second-order valence-corrected chi connectivity index (χ2v) is 6.41. The molecule has 0 amide bonds. The van der Waals surface area contributed by atoms with Gasteiger partial charge in [0.05, 0.1) is 16.6 Å². The average Bonchev–Trinajstić information content (AvgIpc) is 3.02. The van der Waals surface area contributed by atoms with Crippen LogP contribution in [0.25, 0.3) is 38.4 Å². The van der Waals surface area contributed by atoms with Crippen LogP contribution in [-0.2, 0) is 0 Å². The number of para-hydroxylation sites is 2. The van der Waals surface area contributed by atoms with E-state index in [1.54, 1.807) is 0 Å². The second kappa shape index (κ2) is 4.97. The average molecular weight is 307 g/mol. The fourth-order valence-electron chi connectivity index (χ4n) is 3.62. The highest BCUT2D eigenvalue weighted by Crippen LogP contribution is 2.34. The van der Waals surface area contributed by atoms with Crippen molar-refractivity contribution in [1.29, 1.82) is 0 Å². The van der Waals surface area contributed by atoms with E-state index < -0.39 is 0 Å². The Hall–Kier alpha value is -3.06. The SMILES string of the molecule is Cc1ccc(-c2cc3ccccc3n3c2cc2ccccc23)cc1. The number of fused-ring (bicyclic) bond motifs is 5. The van der Waals surface area contributed by atoms with Gasteiger partial charge in [-0.05, 0) is 42.1 Å². The van der Waals surface area contributed by atoms with Crippen molar-refractivity contribution in [2.45, 2.75) is 6.92 Å². The van der Waals surface area contributed by atoms with Crippen LogP contribution in [0, 0.1) is 6.92 Å². The van der Waals surface area contributed by atoms with Crippen molar-refractivity contribution in [3.63, 3.8) is 0 Å². The summed E-state index contributed by atoms with van der Waals surface area (Å²) in [4.78, 5) is 0. The monoisotopic (exact) mass is 307 g/mol. The molecule has 0 fully saturated rings. The van der Waals surface area contributed by atoms with Crippen LogP contribution in [0.15, 0.2) is 84.9 Å². The smallest absolute Gasteiger partial charge is 0.0547 e. The summed E-state index contributed by atoms with van der Waals surface area (Å²) in [5, 5.41) is 2.55. The fraction of sp³-hybridized carbons (Fsp3) is 0.0435. The van der Waals surface area contributed by atoms with Crippen LogP contribution in [0.2, 0.25) is 0 Å². The summed E-state index contributed by atoms with van der Waals surface area (Å²) in [6, 6.07) is 30.7. The standard InChI is InChI=1S/C23H17N/c1-16-10-12-17(13-11-16)20-14-18-6-2-4-8-21(18)24-22-9-5-3-7-19(22)15-23(20)24/h2-15H,1H3. The zero-order chi connectivity index (χ0) is 16.1. The van der Waals surface area contributed by atoms with Gasteiger partial charge >= 0.3 is 0 Å². The fourth-order valence-corrected chi connectivity index (χ4v) is 3.62. The van der Waals surface area contributed by atoms with Gasteiger partial charge < -0.3 is 4.40 Å². The molecule has 0 unspecified atom stereocenters. The largest absolute Gasteiger partial charge is 0.309 e. The van der Waals surface area contributed by atoms with E-state index in [0.29, 0.717) is 0 Å². The van der Waals surface area contributed by atoms with Gasteiger partial charge in [0.2, 0.25) is 0 Å². The second-order valence-electron chi connectivity index (χ2n) is 6.41. The lowest BCUT2D eigenvalue weighted by Gasteiger charge is -2.11. The van der Waals surface area contributed by atoms with Crippen LogP contribution < -0.4 is 0 Å². The lowest BCUT2D eigenvalue weighted by Crippen LogP contribution is -1.91. The van der Waals surface area contributed by atoms with Crippen molar-refractivity contribution in [2.24, 2.45) is 0 Å². The molecule has 0 N–H and O–H groups in total. The Morgan fingerprint density at radius 2 is 1.17 bits per heavy atom. The molecule has 0 aliphatic heterocycles. The van der Waals surface area contributed by atoms with Crippen molar-refractivity contribution < 1.29 is 0 Å². The molecule has 0 spiro atoms. The number of aromatic nitrogens is 1. The third-order valence-corrected chi connectivity index (χ3v) is 4.83. The van der Waals surface area contributed by atoms with Gasteiger partial charge in [-0.1, -0.05) is 66.2 Å². The van der Waals surface area contributed by atoms with Crippen LogP contribution in [0.4, 0.5) is 0 Å². The molecule has 2 aromatic heterocycles. The van der Waals surface area contributed by atoms with E-state index in [2.05, 4.69) is 96.3 Å². The first-order valence-corrected chi connectivity index (χ1v) is 8.30. The zero-order valence-corrected chi connectivity index (χ0v) is 13.5. The van der Waals surface area contributed by atoms with E-state index in [0.717, 1.165) is 0 Å². The molecule has 0 saturated carbocycles. The summed E-state index contributed by atoms with van der Waals surface area (Å²) in [6.45, 7) is 2.13. The van der Waals surface area contributed by atoms with E-state index in [1.165, 1.54) is 44.0 Å². The molecule has 24 heavy (non-hydrogen) atoms. The first kappa shape index (κ1) is 13.4. The molecule has 3 aromatic carbocycles. The molecule has 2 heterocycles. The Balaban J connectivity index is 2.00. The Morgan fingerprint density at radius 3 is 1.83 bits per heavy atom. The molecule has 1 nitrogen and oxygen atoms in total. The molecule has 0 radical (unpaired) electrons. The topological polar surface area (TPSA) is 4.41 Å². The lowest BCUT2D eigenvalue weighted by molar-refractivity contribution is 1.33. The van der Waals surface area contributed by atoms with Gasteiger partial charge in [0, 0.05) is 10.9 Å². The minimum atomic E-state index is 1.25. The molecule has 5 aromatic rings. The molecule has 0 aliphatic rings. The zero-order valence-electron chi connectivity index (χ0n) is 13.5. The van der Waals surface area contributed by atoms with Crippen molar-refractivity contribution in [2.75, 3.05) is 0 Å². The highest BCUT2D eigenvalue weighted by atomic mass is 14.9. The van der Waals surface area contributed by atoms with Gasteiger partial charge in [0.25, 0.3) is 0 Å². The molecule has 114 valence electrons. The Morgan fingerprint density at radius 1 is 0.583 bits per heavy atom. The maximum Gasteiger partial charge on any atom is 0.0547 e. The number of pyridine rings is 1. The van der Waals surface area contributed by atoms with E-state index in [9.17, 15) is 0 Å². The minimum Gasteiger partial charge on any atom is -0.309 e. The van der Waals surface area contributed by atoms with Gasteiger partial charge in [-0.15, -0.1) is 0 Å². The normalized spacial score (nSPS) is 11.5. The number of aryl methyl sites for hydroxylation is 1. The van der Waals surface area contributed by atoms with Crippen molar-refractivity contribution in [3.05, 3.63) is 90.5 Å². The summed E-state index contributed by atoms with van der Waals surface area (Å²) in [5.74, 6) is 0. The first-order valence-electron chi connectivity index (χ1n) is 8.30. The van der Waals surface area contributed by atoms with Gasteiger partial charge in [0.15, 0.2) is 0 Å². The van der Waals surface area contributed by atoms with Gasteiger partial charge in [0.1, 0.15) is 0 Å². The summed E-state index contributed by atoms with van der Waals surface area (Å²) in [6.07, 6.45) is 0. The number of nitrogens with zero attached hydrogens (tertiary/aromatic N) is 1. The summed E-state index contributed by atoms with van der Waals surface area (Å²) in [7, 11) is 0. The van der Waals surface area contributed by atoms with Gasteiger partial charge in [-0.3, -0.25) is 0 Å². The van der Waals surface area contributed by atoms with E-state index >= 15 is 0 Å². The van der Waals surface area contributed by atoms with Gasteiger partial charge in [-0.25, -0.2) is 0 Å². The molecule has 0 saturated heterocycles. The number of hydrogen-bond donors (Lipinski definition) is 0. The Bertz CT molecular complexity index is 1190. The molecule has 1 heteroatoms. The van der Waals surface area contributed by atoms with Crippen LogP contribution in [0.3, 0.4) is 0 Å². The van der Waals surface area contributed by atoms with E-state index in [4.69, 9.17) is 0 Å². The third-order valence-electron chi connectivity index (χ3n) is 4.83. The maximum absolute atomic E-state index is 2.39. The van der Waals surface area contributed by atoms with E-state index in [-0.39, 0.29) is 0 Å². The third kappa shape index (κ3) is 1.88. The van der Waals surface area contributed by atoms with Crippen molar-refractivity contribution >= 4 is 27.3 Å². The molecule has 0 bridgehead atoms. The van der Waals surface area contributed by atoms with Crippen molar-refractivity contribution in [3.8, 4) is 11.1 Å². The summed E-state index contributed by atoms with van der Waals surface area (Å²) in [5.41, 5.74) is 7.61. The minimum absolute atomic E-state index is 1.25.